The second-order valence-electron chi connectivity index (χ2n) is 1.70. The fourth-order valence-corrected chi connectivity index (χ4v) is 0.406. The van der Waals surface area contributed by atoms with E-state index >= 15 is 0 Å². The Kier molecular flexibility index (Phi) is 4.72. The van der Waals surface area contributed by atoms with E-state index in [1.54, 1.807) is 0 Å². The van der Waals surface area contributed by atoms with Crippen LogP contribution in [0.4, 0.5) is 0 Å². The smallest absolute Gasteiger partial charge is 0.227 e. The normalized spacial score (nSPS) is 11.7. The quantitative estimate of drug-likeness (QED) is 0.422. The van der Waals surface area contributed by atoms with Gasteiger partial charge in [0.1, 0.15) is 0 Å². The summed E-state index contributed by atoms with van der Waals surface area (Å²) in [6.45, 7) is 1.38. The Balaban J connectivity index is 3.98. The third-order valence-corrected chi connectivity index (χ3v) is 0.780. The minimum atomic E-state index is -0.209. The summed E-state index contributed by atoms with van der Waals surface area (Å²) in [5, 5.41) is 2.40. The summed E-state index contributed by atoms with van der Waals surface area (Å²) in [6.07, 6.45) is 1.19. The number of aliphatic imine (C=N–C) groups is 2. The van der Waals surface area contributed by atoms with Crippen LogP contribution in [0.1, 0.15) is 6.92 Å². The van der Waals surface area contributed by atoms with E-state index < -0.39 is 0 Å². The maximum atomic E-state index is 10.5. The average Bonchev–Trinajstić information content (AvgIpc) is 1.97. The molecule has 0 rings (SSSR count). The molecule has 5 heteroatoms. The van der Waals surface area contributed by atoms with Crippen molar-refractivity contribution in [3.05, 3.63) is 0 Å². The standard InChI is InChI=1S/C6H11N3O2/c1-5(10)9-6(7-2)8-4-11-3/h4H,1-3H3,(H,7,9,10)/b8-4-. The number of hydrogen-bond acceptors (Lipinski definition) is 3. The summed E-state index contributed by atoms with van der Waals surface area (Å²) in [7, 11) is 2.99. The van der Waals surface area contributed by atoms with Crippen LogP contribution in [0, 0.1) is 0 Å². The topological polar surface area (TPSA) is 63.1 Å². The maximum absolute atomic E-state index is 10.5. The molecule has 0 radical (unpaired) electrons. The van der Waals surface area contributed by atoms with E-state index in [9.17, 15) is 4.79 Å². The largest absolute Gasteiger partial charge is 0.486 e. The SMILES string of the molecule is CN=C(/N=C\OC)NC(C)=O. The average molecular weight is 157 g/mol. The highest BCUT2D eigenvalue weighted by Crippen LogP contribution is 1.74. The lowest BCUT2D eigenvalue weighted by Crippen LogP contribution is -2.26. The predicted molar refractivity (Wildman–Crippen MR) is 42.7 cm³/mol. The molecule has 1 N–H and O–H groups in total. The molecule has 0 aliphatic rings. The molecule has 0 bridgehead atoms. The van der Waals surface area contributed by atoms with Crippen LogP contribution in [0.5, 0.6) is 0 Å². The highest BCUT2D eigenvalue weighted by Gasteiger charge is 1.94. The Bertz CT molecular complexity index is 186. The molecule has 0 saturated carbocycles. The van der Waals surface area contributed by atoms with Crippen molar-refractivity contribution in [1.82, 2.24) is 5.32 Å². The molecule has 0 aromatic rings. The van der Waals surface area contributed by atoms with Crippen molar-refractivity contribution < 1.29 is 9.53 Å². The first-order chi connectivity index (χ1) is 5.20. The van der Waals surface area contributed by atoms with Crippen molar-refractivity contribution in [3.63, 3.8) is 0 Å². The van der Waals surface area contributed by atoms with Gasteiger partial charge in [0.2, 0.25) is 11.9 Å². The fraction of sp³-hybridized carbons (Fsp3) is 0.500. The zero-order valence-electron chi connectivity index (χ0n) is 6.79. The molecule has 0 unspecified atom stereocenters. The lowest BCUT2D eigenvalue weighted by atomic mass is 10.7. The molecule has 0 aromatic carbocycles. The van der Waals surface area contributed by atoms with Gasteiger partial charge < -0.3 is 4.74 Å². The Morgan fingerprint density at radius 3 is 2.64 bits per heavy atom. The summed E-state index contributed by atoms with van der Waals surface area (Å²) in [5.41, 5.74) is 0. The number of amides is 1. The molecular formula is C6H11N3O2. The lowest BCUT2D eigenvalue weighted by molar-refractivity contribution is -0.117. The van der Waals surface area contributed by atoms with Crippen molar-refractivity contribution in [3.8, 4) is 0 Å². The number of ether oxygens (including phenoxy) is 1. The summed E-state index contributed by atoms with van der Waals surface area (Å²) in [5.74, 6) is 0.0261. The van der Waals surface area contributed by atoms with Crippen LogP contribution in [-0.4, -0.2) is 32.4 Å². The number of hydrogen-bond donors (Lipinski definition) is 1. The van der Waals surface area contributed by atoms with Gasteiger partial charge in [-0.05, 0) is 0 Å². The molecule has 1 amide bonds. The number of methoxy groups -OCH3 is 1. The second kappa shape index (κ2) is 5.40. The maximum Gasteiger partial charge on any atom is 0.227 e. The van der Waals surface area contributed by atoms with Crippen molar-refractivity contribution >= 4 is 18.3 Å². The van der Waals surface area contributed by atoms with Crippen LogP contribution in [0.2, 0.25) is 0 Å². The summed E-state index contributed by atoms with van der Waals surface area (Å²) < 4.78 is 4.53. The van der Waals surface area contributed by atoms with Crippen LogP contribution < -0.4 is 5.32 Å². The lowest BCUT2D eigenvalue weighted by Gasteiger charge is -1.97. The van der Waals surface area contributed by atoms with Gasteiger partial charge in [-0.25, -0.2) is 0 Å². The molecule has 0 aliphatic carbocycles. The van der Waals surface area contributed by atoms with Crippen molar-refractivity contribution in [2.45, 2.75) is 6.92 Å². The molecule has 11 heavy (non-hydrogen) atoms. The van der Waals surface area contributed by atoms with Gasteiger partial charge in [0.25, 0.3) is 0 Å². The minimum Gasteiger partial charge on any atom is -0.486 e. The van der Waals surface area contributed by atoms with Crippen LogP contribution in [0.3, 0.4) is 0 Å². The first-order valence-corrected chi connectivity index (χ1v) is 3.00. The first kappa shape index (κ1) is 9.61. The molecule has 0 spiro atoms. The number of guanidine groups is 1. The van der Waals surface area contributed by atoms with Gasteiger partial charge in [-0.15, -0.1) is 0 Å². The van der Waals surface area contributed by atoms with E-state index in [1.165, 1.54) is 27.5 Å². The van der Waals surface area contributed by atoms with Crippen LogP contribution in [0.15, 0.2) is 9.98 Å². The van der Waals surface area contributed by atoms with E-state index in [1.807, 2.05) is 0 Å². The number of nitrogens with zero attached hydrogens (tertiary/aromatic N) is 2. The Morgan fingerprint density at radius 1 is 1.64 bits per heavy atom. The zero-order chi connectivity index (χ0) is 8.69. The number of carbonyl (C=O) groups is 1. The van der Waals surface area contributed by atoms with Crippen LogP contribution in [-0.2, 0) is 9.53 Å². The number of nitrogens with one attached hydrogen (secondary N) is 1. The molecule has 0 saturated heterocycles. The van der Waals surface area contributed by atoms with E-state index in [0.29, 0.717) is 0 Å². The second-order valence-corrected chi connectivity index (χ2v) is 1.70. The van der Waals surface area contributed by atoms with E-state index in [0.717, 1.165) is 0 Å². The van der Waals surface area contributed by atoms with Crippen molar-refractivity contribution in [2.24, 2.45) is 9.98 Å². The van der Waals surface area contributed by atoms with Gasteiger partial charge >= 0.3 is 0 Å². The number of carbonyl (C=O) groups excluding carboxylic acids is 1. The number of rotatable bonds is 1. The first-order valence-electron chi connectivity index (χ1n) is 3.00. The van der Waals surface area contributed by atoms with E-state index in [2.05, 4.69) is 20.0 Å². The minimum absolute atomic E-state index is 0.209. The molecule has 0 heterocycles. The molecule has 62 valence electrons. The zero-order valence-corrected chi connectivity index (χ0v) is 6.79. The highest BCUT2D eigenvalue weighted by molar-refractivity contribution is 5.98. The van der Waals surface area contributed by atoms with Gasteiger partial charge in [-0.1, -0.05) is 0 Å². The van der Waals surface area contributed by atoms with Gasteiger partial charge in [0.15, 0.2) is 6.40 Å². The molecule has 0 aliphatic heterocycles. The van der Waals surface area contributed by atoms with Gasteiger partial charge in [0, 0.05) is 14.0 Å². The monoisotopic (exact) mass is 157 g/mol. The third kappa shape index (κ3) is 5.07. The van der Waals surface area contributed by atoms with Crippen molar-refractivity contribution in [1.29, 1.82) is 0 Å². The Hall–Kier alpha value is -1.39. The van der Waals surface area contributed by atoms with Crippen LogP contribution in [0.25, 0.3) is 0 Å². The van der Waals surface area contributed by atoms with E-state index in [4.69, 9.17) is 0 Å². The Morgan fingerprint density at radius 2 is 2.27 bits per heavy atom. The van der Waals surface area contributed by atoms with Gasteiger partial charge in [-0.3, -0.25) is 15.1 Å². The molecule has 0 aromatic heterocycles. The summed E-state index contributed by atoms with van der Waals surface area (Å²) >= 11 is 0. The predicted octanol–water partition coefficient (Wildman–Crippen LogP) is -0.217. The van der Waals surface area contributed by atoms with Gasteiger partial charge in [0.05, 0.1) is 7.11 Å². The fourth-order valence-electron chi connectivity index (χ4n) is 0.406. The molecule has 5 nitrogen and oxygen atoms in total. The molecule has 0 fully saturated rings. The highest BCUT2D eigenvalue weighted by atomic mass is 16.5. The van der Waals surface area contributed by atoms with E-state index in [-0.39, 0.29) is 11.9 Å². The molecule has 0 atom stereocenters. The summed E-state index contributed by atoms with van der Waals surface area (Å²) in [6, 6.07) is 0. The summed E-state index contributed by atoms with van der Waals surface area (Å²) in [4.78, 5) is 17.8. The van der Waals surface area contributed by atoms with Crippen molar-refractivity contribution in [2.75, 3.05) is 14.2 Å². The third-order valence-electron chi connectivity index (χ3n) is 0.780. The Labute approximate surface area is 65.2 Å². The molecular weight excluding hydrogens is 146 g/mol. The van der Waals surface area contributed by atoms with Gasteiger partial charge in [-0.2, -0.15) is 4.99 Å². The van der Waals surface area contributed by atoms with Crippen LogP contribution >= 0.6 is 0 Å².